The molecule has 1 saturated heterocycles. The fourth-order valence-electron chi connectivity index (χ4n) is 3.78. The molecular formula is C22H42O3. The van der Waals surface area contributed by atoms with Gasteiger partial charge < -0.3 is 9.84 Å². The number of carbonyl (C=O) groups excluding carboxylic acids is 1. The van der Waals surface area contributed by atoms with Gasteiger partial charge in [0.25, 0.3) is 0 Å². The van der Waals surface area contributed by atoms with Crippen molar-refractivity contribution in [1.29, 1.82) is 0 Å². The third-order valence-electron chi connectivity index (χ3n) is 5.53. The largest absolute Gasteiger partial charge is 0.461 e. The summed E-state index contributed by atoms with van der Waals surface area (Å²) in [6.45, 7) is 4.45. The standard InChI is InChI=1S/C22H42O3/c1-3-5-7-9-10-11-12-13-14-16-19(23)18-21-20(22(24)25-21)17-15-8-6-4-2/h19-21,23H,3-18H2,1-2H3/t19-,20-,21+/m0/s1. The van der Waals surface area contributed by atoms with Gasteiger partial charge in [-0.1, -0.05) is 97.3 Å². The summed E-state index contributed by atoms with van der Waals surface area (Å²) >= 11 is 0. The van der Waals surface area contributed by atoms with Gasteiger partial charge in [-0.2, -0.15) is 0 Å². The van der Waals surface area contributed by atoms with E-state index in [-0.39, 0.29) is 24.1 Å². The zero-order chi connectivity index (χ0) is 18.3. The van der Waals surface area contributed by atoms with E-state index in [0.29, 0.717) is 6.42 Å². The average Bonchev–Trinajstić information content (AvgIpc) is 2.59. The van der Waals surface area contributed by atoms with Gasteiger partial charge in [-0.05, 0) is 12.8 Å². The normalized spacial score (nSPS) is 21.0. The minimum absolute atomic E-state index is 0.0253. The van der Waals surface area contributed by atoms with Gasteiger partial charge in [-0.25, -0.2) is 0 Å². The number of ether oxygens (including phenoxy) is 1. The van der Waals surface area contributed by atoms with Crippen LogP contribution in [0.4, 0.5) is 0 Å². The van der Waals surface area contributed by atoms with Crippen molar-refractivity contribution in [1.82, 2.24) is 0 Å². The first kappa shape index (κ1) is 22.5. The molecule has 3 heteroatoms. The van der Waals surface area contributed by atoms with Crippen LogP contribution in [0, 0.1) is 5.92 Å². The molecule has 1 N–H and O–H groups in total. The van der Waals surface area contributed by atoms with E-state index in [1.807, 2.05) is 0 Å². The van der Waals surface area contributed by atoms with Crippen molar-refractivity contribution in [2.24, 2.45) is 5.92 Å². The Kier molecular flexibility index (Phi) is 13.1. The number of hydrogen-bond acceptors (Lipinski definition) is 3. The van der Waals surface area contributed by atoms with Crippen LogP contribution in [0.2, 0.25) is 0 Å². The molecule has 1 rings (SSSR count). The van der Waals surface area contributed by atoms with Gasteiger partial charge in [0.2, 0.25) is 0 Å². The minimum atomic E-state index is -0.305. The van der Waals surface area contributed by atoms with Crippen molar-refractivity contribution in [2.45, 2.75) is 129 Å². The van der Waals surface area contributed by atoms with Gasteiger partial charge in [-0.15, -0.1) is 0 Å². The lowest BCUT2D eigenvalue weighted by Crippen LogP contribution is -2.46. The van der Waals surface area contributed by atoms with Crippen LogP contribution in [0.15, 0.2) is 0 Å². The maximum Gasteiger partial charge on any atom is 0.313 e. The molecule has 0 aromatic carbocycles. The van der Waals surface area contributed by atoms with E-state index in [4.69, 9.17) is 4.74 Å². The van der Waals surface area contributed by atoms with E-state index in [0.717, 1.165) is 25.7 Å². The van der Waals surface area contributed by atoms with Gasteiger partial charge in [-0.3, -0.25) is 4.79 Å². The van der Waals surface area contributed by atoms with E-state index < -0.39 is 0 Å². The zero-order valence-electron chi connectivity index (χ0n) is 16.8. The Morgan fingerprint density at radius 3 is 1.92 bits per heavy atom. The molecule has 3 atom stereocenters. The second-order valence-corrected chi connectivity index (χ2v) is 7.94. The molecule has 25 heavy (non-hydrogen) atoms. The maximum absolute atomic E-state index is 11.6. The Labute approximate surface area is 155 Å². The zero-order valence-corrected chi connectivity index (χ0v) is 16.8. The highest BCUT2D eigenvalue weighted by molar-refractivity contribution is 5.78. The third-order valence-corrected chi connectivity index (χ3v) is 5.53. The number of carbonyl (C=O) groups is 1. The predicted molar refractivity (Wildman–Crippen MR) is 105 cm³/mol. The molecule has 0 aliphatic carbocycles. The van der Waals surface area contributed by atoms with Gasteiger partial charge in [0.1, 0.15) is 6.10 Å². The van der Waals surface area contributed by atoms with Crippen LogP contribution in [0.5, 0.6) is 0 Å². The van der Waals surface area contributed by atoms with Crippen LogP contribution in [0.3, 0.4) is 0 Å². The number of hydrogen-bond donors (Lipinski definition) is 1. The van der Waals surface area contributed by atoms with E-state index in [9.17, 15) is 9.90 Å². The number of unbranched alkanes of at least 4 members (excludes halogenated alkanes) is 11. The molecule has 0 aromatic rings. The summed E-state index contributed by atoms with van der Waals surface area (Å²) in [5.41, 5.74) is 0. The number of aliphatic hydroxyl groups excluding tert-OH is 1. The highest BCUT2D eigenvalue weighted by Gasteiger charge is 2.42. The van der Waals surface area contributed by atoms with Gasteiger partial charge >= 0.3 is 5.97 Å². The van der Waals surface area contributed by atoms with Crippen LogP contribution < -0.4 is 0 Å². The molecule has 3 nitrogen and oxygen atoms in total. The summed E-state index contributed by atoms with van der Waals surface area (Å²) in [7, 11) is 0. The van der Waals surface area contributed by atoms with E-state index >= 15 is 0 Å². The summed E-state index contributed by atoms with van der Waals surface area (Å²) in [6, 6.07) is 0. The number of cyclic esters (lactones) is 1. The molecule has 1 fully saturated rings. The molecule has 0 bridgehead atoms. The lowest BCUT2D eigenvalue weighted by Gasteiger charge is -2.36. The number of aliphatic hydroxyl groups is 1. The molecule has 148 valence electrons. The van der Waals surface area contributed by atoms with Crippen molar-refractivity contribution in [2.75, 3.05) is 0 Å². The molecular weight excluding hydrogens is 312 g/mol. The van der Waals surface area contributed by atoms with Crippen LogP contribution >= 0.6 is 0 Å². The van der Waals surface area contributed by atoms with Crippen molar-refractivity contribution in [3.05, 3.63) is 0 Å². The molecule has 1 aliphatic rings. The lowest BCUT2D eigenvalue weighted by atomic mass is 9.86. The summed E-state index contributed by atoms with van der Waals surface area (Å²) in [6.07, 6.45) is 18.6. The Hall–Kier alpha value is -0.570. The summed E-state index contributed by atoms with van der Waals surface area (Å²) in [5, 5.41) is 10.2. The van der Waals surface area contributed by atoms with Gasteiger partial charge in [0, 0.05) is 6.42 Å². The summed E-state index contributed by atoms with van der Waals surface area (Å²) in [5.74, 6) is 0.00592. The lowest BCUT2D eigenvalue weighted by molar-refractivity contribution is -0.188. The predicted octanol–water partition coefficient (Wildman–Crippen LogP) is 6.17. The third kappa shape index (κ3) is 10.2. The molecule has 1 heterocycles. The number of esters is 1. The second-order valence-electron chi connectivity index (χ2n) is 7.94. The highest BCUT2D eigenvalue weighted by atomic mass is 16.6. The van der Waals surface area contributed by atoms with Crippen LogP contribution in [0.25, 0.3) is 0 Å². The average molecular weight is 355 g/mol. The number of rotatable bonds is 17. The van der Waals surface area contributed by atoms with Crippen molar-refractivity contribution in [3.63, 3.8) is 0 Å². The van der Waals surface area contributed by atoms with Gasteiger partial charge in [0.05, 0.1) is 12.0 Å². The van der Waals surface area contributed by atoms with Crippen molar-refractivity contribution >= 4 is 5.97 Å². The smallest absolute Gasteiger partial charge is 0.313 e. The van der Waals surface area contributed by atoms with Gasteiger partial charge in [0.15, 0.2) is 0 Å². The summed E-state index contributed by atoms with van der Waals surface area (Å²) < 4.78 is 5.27. The fraction of sp³-hybridized carbons (Fsp3) is 0.955. The van der Waals surface area contributed by atoms with Crippen LogP contribution in [0.1, 0.15) is 117 Å². The monoisotopic (exact) mass is 354 g/mol. The quantitative estimate of drug-likeness (QED) is 0.251. The molecule has 0 amide bonds. The van der Waals surface area contributed by atoms with E-state index in [2.05, 4.69) is 13.8 Å². The molecule has 0 aromatic heterocycles. The minimum Gasteiger partial charge on any atom is -0.461 e. The Morgan fingerprint density at radius 1 is 0.840 bits per heavy atom. The topological polar surface area (TPSA) is 46.5 Å². The molecule has 0 unspecified atom stereocenters. The van der Waals surface area contributed by atoms with Crippen molar-refractivity contribution in [3.8, 4) is 0 Å². The van der Waals surface area contributed by atoms with Crippen LogP contribution in [-0.4, -0.2) is 23.3 Å². The second kappa shape index (κ2) is 14.6. The SMILES string of the molecule is CCCCCCCCCCC[C@H](O)C[C@H]1OC(=O)[C@H]1CCCCCC. The highest BCUT2D eigenvalue weighted by Crippen LogP contribution is 2.31. The Morgan fingerprint density at radius 2 is 1.36 bits per heavy atom. The molecule has 1 aliphatic heterocycles. The van der Waals surface area contributed by atoms with Crippen molar-refractivity contribution < 1.29 is 14.6 Å². The van der Waals surface area contributed by atoms with E-state index in [1.165, 1.54) is 70.6 Å². The van der Waals surface area contributed by atoms with E-state index in [1.54, 1.807) is 0 Å². The Balaban J connectivity index is 1.98. The Bertz CT molecular complexity index is 329. The maximum atomic E-state index is 11.6. The molecule has 0 radical (unpaired) electrons. The molecule has 0 spiro atoms. The molecule has 0 saturated carbocycles. The first-order valence-electron chi connectivity index (χ1n) is 11.1. The first-order valence-corrected chi connectivity index (χ1v) is 11.1. The fourth-order valence-corrected chi connectivity index (χ4v) is 3.78. The van der Waals surface area contributed by atoms with Crippen LogP contribution in [-0.2, 0) is 9.53 Å². The first-order chi connectivity index (χ1) is 12.2. The summed E-state index contributed by atoms with van der Waals surface area (Å²) in [4.78, 5) is 11.6.